The Kier molecular flexibility index (Phi) is 3.60. The van der Waals surface area contributed by atoms with Crippen LogP contribution in [-0.2, 0) is 22.7 Å². The van der Waals surface area contributed by atoms with Gasteiger partial charge in [-0.15, -0.1) is 0 Å². The number of carbonyl (C=O) groups excluding carboxylic acids is 1. The van der Waals surface area contributed by atoms with Crippen molar-refractivity contribution in [1.82, 2.24) is 10.5 Å². The molecular weight excluding hydrogens is 256 g/mol. The predicted octanol–water partition coefficient (Wildman–Crippen LogP) is 1.63. The highest BCUT2D eigenvalue weighted by molar-refractivity contribution is 5.81. The third kappa shape index (κ3) is 2.78. The van der Waals surface area contributed by atoms with Gasteiger partial charge in [-0.05, 0) is 23.3 Å². The smallest absolute Gasteiger partial charge is 0.284 e. The van der Waals surface area contributed by atoms with E-state index in [1.807, 2.05) is 36.4 Å². The number of carbonyl (C=O) groups is 1. The van der Waals surface area contributed by atoms with E-state index in [1.54, 1.807) is 12.4 Å². The number of ether oxygens (including phenoxy) is 1. The molecule has 5 nitrogen and oxygen atoms in total. The number of hydrogen-bond donors (Lipinski definition) is 1. The minimum absolute atomic E-state index is 0.273. The summed E-state index contributed by atoms with van der Waals surface area (Å²) in [5, 5.41) is 0. The Labute approximate surface area is 116 Å². The number of para-hydroxylation sites is 1. The fourth-order valence-electron chi connectivity index (χ4n) is 2.07. The fraction of sp³-hybridized carbons (Fsp3) is 0.200. The van der Waals surface area contributed by atoms with E-state index in [0.29, 0.717) is 6.42 Å². The van der Waals surface area contributed by atoms with Gasteiger partial charge in [-0.2, -0.15) is 0 Å². The molecule has 1 aliphatic heterocycles. The molecule has 1 N–H and O–H groups in total. The van der Waals surface area contributed by atoms with Crippen LogP contribution in [0.2, 0.25) is 0 Å². The van der Waals surface area contributed by atoms with Gasteiger partial charge in [-0.25, -0.2) is 5.48 Å². The van der Waals surface area contributed by atoms with Crippen molar-refractivity contribution in [2.45, 2.75) is 19.1 Å². The molecule has 0 bridgehead atoms. The summed E-state index contributed by atoms with van der Waals surface area (Å²) in [5.41, 5.74) is 4.35. The minimum atomic E-state index is -0.527. The van der Waals surface area contributed by atoms with E-state index in [9.17, 15) is 4.79 Å². The summed E-state index contributed by atoms with van der Waals surface area (Å²) in [6.45, 7) is 0.277. The van der Waals surface area contributed by atoms with Crippen molar-refractivity contribution in [3.8, 4) is 5.75 Å². The molecule has 20 heavy (non-hydrogen) atoms. The molecule has 0 radical (unpaired) electrons. The van der Waals surface area contributed by atoms with E-state index >= 15 is 0 Å². The van der Waals surface area contributed by atoms with Crippen LogP contribution in [-0.4, -0.2) is 17.0 Å². The largest absolute Gasteiger partial charge is 0.480 e. The summed E-state index contributed by atoms with van der Waals surface area (Å²) in [6.07, 6.45) is 3.42. The highest BCUT2D eigenvalue weighted by Crippen LogP contribution is 2.28. The molecule has 1 amide bonds. The van der Waals surface area contributed by atoms with Crippen molar-refractivity contribution in [2.75, 3.05) is 0 Å². The number of rotatable bonds is 4. The zero-order chi connectivity index (χ0) is 13.8. The van der Waals surface area contributed by atoms with Gasteiger partial charge in [0.2, 0.25) is 0 Å². The second kappa shape index (κ2) is 5.71. The standard InChI is InChI=1S/C15H14N2O3/c18-15(17-19-10-11-4-3-7-16-9-11)14-8-12-5-1-2-6-13(12)20-14/h1-7,9,14H,8,10H2,(H,17,18). The molecule has 1 aliphatic rings. The summed E-state index contributed by atoms with van der Waals surface area (Å²) in [7, 11) is 0. The molecule has 5 heteroatoms. The molecule has 2 heterocycles. The van der Waals surface area contributed by atoms with Crippen LogP contribution in [0.15, 0.2) is 48.8 Å². The molecule has 1 aromatic carbocycles. The molecule has 0 saturated carbocycles. The Hall–Kier alpha value is -2.40. The zero-order valence-electron chi connectivity index (χ0n) is 10.8. The number of pyridine rings is 1. The number of amides is 1. The van der Waals surface area contributed by atoms with Crippen molar-refractivity contribution in [3.63, 3.8) is 0 Å². The molecule has 0 aliphatic carbocycles. The van der Waals surface area contributed by atoms with Crippen LogP contribution in [0.1, 0.15) is 11.1 Å². The SMILES string of the molecule is O=C(NOCc1cccnc1)C1Cc2ccccc2O1. The number of fused-ring (bicyclic) bond motifs is 1. The lowest BCUT2D eigenvalue weighted by Gasteiger charge is -2.11. The quantitative estimate of drug-likeness (QED) is 0.858. The Morgan fingerprint density at radius 2 is 2.25 bits per heavy atom. The van der Waals surface area contributed by atoms with Gasteiger partial charge in [-0.3, -0.25) is 14.6 Å². The van der Waals surface area contributed by atoms with Crippen LogP contribution in [0.4, 0.5) is 0 Å². The van der Waals surface area contributed by atoms with Crippen LogP contribution >= 0.6 is 0 Å². The minimum Gasteiger partial charge on any atom is -0.480 e. The first-order chi connectivity index (χ1) is 9.83. The average molecular weight is 270 g/mol. The predicted molar refractivity (Wildman–Crippen MR) is 71.7 cm³/mol. The summed E-state index contributed by atoms with van der Waals surface area (Å²) in [6, 6.07) is 11.3. The summed E-state index contributed by atoms with van der Waals surface area (Å²) in [4.78, 5) is 21.1. The van der Waals surface area contributed by atoms with Gasteiger partial charge in [-0.1, -0.05) is 24.3 Å². The number of benzene rings is 1. The van der Waals surface area contributed by atoms with Crippen molar-refractivity contribution in [3.05, 3.63) is 59.9 Å². The second-order valence-electron chi connectivity index (χ2n) is 4.53. The Balaban J connectivity index is 1.49. The Morgan fingerprint density at radius 1 is 1.35 bits per heavy atom. The molecule has 2 aromatic rings. The number of nitrogens with zero attached hydrogens (tertiary/aromatic N) is 1. The summed E-state index contributed by atoms with van der Waals surface area (Å²) < 4.78 is 5.57. The van der Waals surface area contributed by atoms with Crippen molar-refractivity contribution in [1.29, 1.82) is 0 Å². The van der Waals surface area contributed by atoms with Gasteiger partial charge in [0.1, 0.15) is 12.4 Å². The number of hydroxylamine groups is 1. The normalized spacial score (nSPS) is 16.3. The highest BCUT2D eigenvalue weighted by atomic mass is 16.7. The maximum atomic E-state index is 11.9. The van der Waals surface area contributed by atoms with Crippen LogP contribution in [0.5, 0.6) is 5.75 Å². The fourth-order valence-corrected chi connectivity index (χ4v) is 2.07. The Morgan fingerprint density at radius 3 is 3.05 bits per heavy atom. The molecular formula is C15H14N2O3. The Bertz CT molecular complexity index is 576. The number of nitrogens with one attached hydrogen (secondary N) is 1. The van der Waals surface area contributed by atoms with E-state index < -0.39 is 6.10 Å². The van der Waals surface area contributed by atoms with Crippen molar-refractivity contribution in [2.24, 2.45) is 0 Å². The maximum absolute atomic E-state index is 11.9. The lowest BCUT2D eigenvalue weighted by atomic mass is 10.1. The zero-order valence-corrected chi connectivity index (χ0v) is 10.8. The van der Waals surface area contributed by atoms with Gasteiger partial charge >= 0.3 is 0 Å². The van der Waals surface area contributed by atoms with E-state index in [1.165, 1.54) is 0 Å². The third-order valence-electron chi connectivity index (χ3n) is 3.07. The van der Waals surface area contributed by atoms with E-state index in [2.05, 4.69) is 10.5 Å². The first-order valence-electron chi connectivity index (χ1n) is 6.38. The molecule has 1 unspecified atom stereocenters. The van der Waals surface area contributed by atoms with E-state index in [0.717, 1.165) is 16.9 Å². The van der Waals surface area contributed by atoms with E-state index in [-0.39, 0.29) is 12.5 Å². The molecule has 1 aromatic heterocycles. The summed E-state index contributed by atoms with van der Waals surface area (Å²) in [5.74, 6) is 0.491. The van der Waals surface area contributed by atoms with E-state index in [4.69, 9.17) is 9.57 Å². The monoisotopic (exact) mass is 270 g/mol. The van der Waals surface area contributed by atoms with Crippen molar-refractivity contribution >= 4 is 5.91 Å². The topological polar surface area (TPSA) is 60.5 Å². The lowest BCUT2D eigenvalue weighted by Crippen LogP contribution is -2.37. The molecule has 3 rings (SSSR count). The molecule has 1 atom stereocenters. The molecule has 0 saturated heterocycles. The van der Waals surface area contributed by atoms with Crippen LogP contribution in [0, 0.1) is 0 Å². The van der Waals surface area contributed by atoms with Crippen molar-refractivity contribution < 1.29 is 14.4 Å². The molecule has 0 fully saturated rings. The lowest BCUT2D eigenvalue weighted by molar-refractivity contribution is -0.141. The van der Waals surface area contributed by atoms with Gasteiger partial charge in [0.15, 0.2) is 6.10 Å². The first kappa shape index (κ1) is 12.6. The van der Waals surface area contributed by atoms with Gasteiger partial charge in [0, 0.05) is 18.8 Å². The summed E-state index contributed by atoms with van der Waals surface area (Å²) >= 11 is 0. The maximum Gasteiger partial charge on any atom is 0.284 e. The van der Waals surface area contributed by atoms with Crippen LogP contribution in [0.3, 0.4) is 0 Å². The van der Waals surface area contributed by atoms with Crippen LogP contribution < -0.4 is 10.2 Å². The molecule has 102 valence electrons. The molecule has 0 spiro atoms. The average Bonchev–Trinajstić information content (AvgIpc) is 2.92. The second-order valence-corrected chi connectivity index (χ2v) is 4.53. The third-order valence-corrected chi connectivity index (χ3v) is 3.07. The highest BCUT2D eigenvalue weighted by Gasteiger charge is 2.28. The van der Waals surface area contributed by atoms with Crippen LogP contribution in [0.25, 0.3) is 0 Å². The first-order valence-corrected chi connectivity index (χ1v) is 6.38. The number of aromatic nitrogens is 1. The van der Waals surface area contributed by atoms with Gasteiger partial charge in [0.25, 0.3) is 5.91 Å². The number of hydrogen-bond acceptors (Lipinski definition) is 4. The van der Waals surface area contributed by atoms with Gasteiger partial charge in [0.05, 0.1) is 0 Å². The van der Waals surface area contributed by atoms with Gasteiger partial charge < -0.3 is 4.74 Å².